The lowest BCUT2D eigenvalue weighted by atomic mass is 10.2. The van der Waals surface area contributed by atoms with E-state index in [1.54, 1.807) is 30.5 Å². The number of rotatable bonds is 3. The highest BCUT2D eigenvalue weighted by Gasteiger charge is 2.14. The molecule has 0 saturated carbocycles. The number of hydrogen-bond acceptors (Lipinski definition) is 5. The van der Waals surface area contributed by atoms with Gasteiger partial charge in [0.05, 0.1) is 12.8 Å². The topological polar surface area (TPSA) is 90.1 Å². The van der Waals surface area contributed by atoms with Crippen molar-refractivity contribution in [1.82, 2.24) is 20.0 Å². The third-order valence-corrected chi connectivity index (χ3v) is 2.87. The number of hydrogen-bond donors (Lipinski definition) is 1. The fourth-order valence-corrected chi connectivity index (χ4v) is 1.93. The zero-order valence-corrected chi connectivity index (χ0v) is 10.5. The van der Waals surface area contributed by atoms with Gasteiger partial charge in [-0.15, -0.1) is 5.10 Å². The maximum Gasteiger partial charge on any atom is 0.339 e. The summed E-state index contributed by atoms with van der Waals surface area (Å²) in [6.07, 6.45) is 1.64. The zero-order valence-electron chi connectivity index (χ0n) is 10.5. The van der Waals surface area contributed by atoms with Gasteiger partial charge in [0.15, 0.2) is 5.65 Å². The standard InChI is InChI=1S/C13H10N4O3/c1-20-11-7-8(4-5-9(11)13(18)19)17-12-10(15-16-17)3-2-6-14-12/h2-7H,1H3,(H,18,19). The van der Waals surface area contributed by atoms with Crippen molar-refractivity contribution < 1.29 is 14.6 Å². The Labute approximate surface area is 113 Å². The van der Waals surface area contributed by atoms with Crippen LogP contribution in [0.3, 0.4) is 0 Å². The number of aromatic nitrogens is 4. The summed E-state index contributed by atoms with van der Waals surface area (Å²) in [5.41, 5.74) is 1.98. The summed E-state index contributed by atoms with van der Waals surface area (Å²) in [5, 5.41) is 17.1. The number of carboxylic acid groups (broad SMARTS) is 1. The summed E-state index contributed by atoms with van der Waals surface area (Å²) in [6.45, 7) is 0. The van der Waals surface area contributed by atoms with E-state index >= 15 is 0 Å². The Hall–Kier alpha value is -2.96. The van der Waals surface area contributed by atoms with E-state index in [2.05, 4.69) is 15.3 Å². The summed E-state index contributed by atoms with van der Waals surface area (Å²) in [7, 11) is 1.42. The van der Waals surface area contributed by atoms with Gasteiger partial charge in [0.25, 0.3) is 0 Å². The smallest absolute Gasteiger partial charge is 0.339 e. The highest BCUT2D eigenvalue weighted by Crippen LogP contribution is 2.23. The van der Waals surface area contributed by atoms with Gasteiger partial charge in [0, 0.05) is 12.3 Å². The maximum absolute atomic E-state index is 11.1. The van der Waals surface area contributed by atoms with Crippen LogP contribution in [0.5, 0.6) is 5.75 Å². The molecular weight excluding hydrogens is 260 g/mol. The number of carbonyl (C=O) groups is 1. The Bertz CT molecular complexity index is 797. The van der Waals surface area contributed by atoms with E-state index in [-0.39, 0.29) is 11.3 Å². The van der Waals surface area contributed by atoms with E-state index in [1.807, 2.05) is 0 Å². The number of pyridine rings is 1. The molecule has 2 heterocycles. The normalized spacial score (nSPS) is 10.7. The number of nitrogens with zero attached hydrogens (tertiary/aromatic N) is 4. The van der Waals surface area contributed by atoms with Gasteiger partial charge < -0.3 is 9.84 Å². The number of benzene rings is 1. The quantitative estimate of drug-likeness (QED) is 0.776. The van der Waals surface area contributed by atoms with Crippen molar-refractivity contribution in [2.75, 3.05) is 7.11 Å². The number of aromatic carboxylic acids is 1. The lowest BCUT2D eigenvalue weighted by Crippen LogP contribution is -2.03. The van der Waals surface area contributed by atoms with Crippen molar-refractivity contribution in [1.29, 1.82) is 0 Å². The first-order chi connectivity index (χ1) is 9.70. The van der Waals surface area contributed by atoms with Crippen molar-refractivity contribution in [3.63, 3.8) is 0 Å². The monoisotopic (exact) mass is 270 g/mol. The van der Waals surface area contributed by atoms with Crippen LogP contribution in [0.15, 0.2) is 36.5 Å². The van der Waals surface area contributed by atoms with Crippen molar-refractivity contribution in [3.05, 3.63) is 42.1 Å². The summed E-state index contributed by atoms with van der Waals surface area (Å²) < 4.78 is 6.63. The van der Waals surface area contributed by atoms with Gasteiger partial charge >= 0.3 is 5.97 Å². The first-order valence-electron chi connectivity index (χ1n) is 5.79. The van der Waals surface area contributed by atoms with Crippen molar-refractivity contribution >= 4 is 17.1 Å². The van der Waals surface area contributed by atoms with E-state index in [0.29, 0.717) is 16.9 Å². The van der Waals surface area contributed by atoms with Gasteiger partial charge in [-0.2, -0.15) is 4.68 Å². The molecule has 0 aliphatic carbocycles. The molecule has 7 nitrogen and oxygen atoms in total. The molecular formula is C13H10N4O3. The lowest BCUT2D eigenvalue weighted by molar-refractivity contribution is 0.0693. The maximum atomic E-state index is 11.1. The Morgan fingerprint density at radius 2 is 2.20 bits per heavy atom. The van der Waals surface area contributed by atoms with E-state index in [4.69, 9.17) is 9.84 Å². The molecule has 0 aliphatic heterocycles. The molecule has 20 heavy (non-hydrogen) atoms. The zero-order chi connectivity index (χ0) is 14.1. The van der Waals surface area contributed by atoms with Crippen molar-refractivity contribution in [2.45, 2.75) is 0 Å². The Kier molecular flexibility index (Phi) is 2.79. The first-order valence-corrected chi connectivity index (χ1v) is 5.79. The van der Waals surface area contributed by atoms with Crippen LogP contribution in [-0.2, 0) is 0 Å². The average molecular weight is 270 g/mol. The van der Waals surface area contributed by atoms with Crippen LogP contribution >= 0.6 is 0 Å². The predicted molar refractivity (Wildman–Crippen MR) is 70.2 cm³/mol. The number of fused-ring (bicyclic) bond motifs is 1. The molecule has 0 fully saturated rings. The van der Waals surface area contributed by atoms with Crippen LogP contribution in [0, 0.1) is 0 Å². The van der Waals surface area contributed by atoms with Crippen LogP contribution < -0.4 is 4.74 Å². The molecule has 0 bridgehead atoms. The highest BCUT2D eigenvalue weighted by atomic mass is 16.5. The Morgan fingerprint density at radius 3 is 2.95 bits per heavy atom. The van der Waals surface area contributed by atoms with E-state index < -0.39 is 5.97 Å². The predicted octanol–water partition coefficient (Wildman–Crippen LogP) is 1.52. The highest BCUT2D eigenvalue weighted by molar-refractivity contribution is 5.91. The molecule has 0 aliphatic rings. The molecule has 0 radical (unpaired) electrons. The summed E-state index contributed by atoms with van der Waals surface area (Å²) >= 11 is 0. The summed E-state index contributed by atoms with van der Waals surface area (Å²) in [6, 6.07) is 8.26. The largest absolute Gasteiger partial charge is 0.496 e. The lowest BCUT2D eigenvalue weighted by Gasteiger charge is -2.07. The number of methoxy groups -OCH3 is 1. The average Bonchev–Trinajstić information content (AvgIpc) is 2.90. The third kappa shape index (κ3) is 1.85. The van der Waals surface area contributed by atoms with Crippen molar-refractivity contribution in [2.24, 2.45) is 0 Å². The molecule has 0 unspecified atom stereocenters. The van der Waals surface area contributed by atoms with E-state index in [0.717, 1.165) is 0 Å². The van der Waals surface area contributed by atoms with Gasteiger partial charge in [-0.1, -0.05) is 5.21 Å². The molecule has 3 rings (SSSR count). The molecule has 0 saturated heterocycles. The second-order valence-corrected chi connectivity index (χ2v) is 4.04. The Morgan fingerprint density at radius 1 is 1.35 bits per heavy atom. The molecule has 1 N–H and O–H groups in total. The molecule has 0 atom stereocenters. The summed E-state index contributed by atoms with van der Waals surface area (Å²) in [5.74, 6) is -0.787. The minimum atomic E-state index is -1.05. The molecule has 2 aromatic heterocycles. The fraction of sp³-hybridized carbons (Fsp3) is 0.0769. The molecule has 100 valence electrons. The minimum Gasteiger partial charge on any atom is -0.496 e. The van der Waals surface area contributed by atoms with Crippen molar-refractivity contribution in [3.8, 4) is 11.4 Å². The van der Waals surface area contributed by atoms with Crippen LogP contribution in [0.1, 0.15) is 10.4 Å². The molecule has 7 heteroatoms. The molecule has 1 aromatic carbocycles. The van der Waals surface area contributed by atoms with E-state index in [9.17, 15) is 4.79 Å². The number of carboxylic acids is 1. The third-order valence-electron chi connectivity index (χ3n) is 2.87. The fourth-order valence-electron chi connectivity index (χ4n) is 1.93. The molecule has 0 spiro atoms. The second-order valence-electron chi connectivity index (χ2n) is 4.04. The van der Waals surface area contributed by atoms with Crippen LogP contribution in [-0.4, -0.2) is 38.2 Å². The van der Waals surface area contributed by atoms with E-state index in [1.165, 1.54) is 17.9 Å². The first kappa shape index (κ1) is 12.1. The number of ether oxygens (including phenoxy) is 1. The van der Waals surface area contributed by atoms with Crippen LogP contribution in [0.25, 0.3) is 16.9 Å². The van der Waals surface area contributed by atoms with Gasteiger partial charge in [0.1, 0.15) is 16.8 Å². The minimum absolute atomic E-state index is 0.0913. The van der Waals surface area contributed by atoms with Gasteiger partial charge in [0.2, 0.25) is 0 Å². The van der Waals surface area contributed by atoms with Gasteiger partial charge in [-0.25, -0.2) is 9.78 Å². The molecule has 0 amide bonds. The Balaban J connectivity index is 2.17. The summed E-state index contributed by atoms with van der Waals surface area (Å²) in [4.78, 5) is 15.3. The SMILES string of the molecule is COc1cc(-n2nnc3cccnc32)ccc1C(=O)O. The van der Waals surface area contributed by atoms with Gasteiger partial charge in [-0.3, -0.25) is 0 Å². The van der Waals surface area contributed by atoms with Crippen LogP contribution in [0.4, 0.5) is 0 Å². The van der Waals surface area contributed by atoms with Crippen LogP contribution in [0.2, 0.25) is 0 Å². The molecule has 3 aromatic rings. The second kappa shape index (κ2) is 4.61. The van der Waals surface area contributed by atoms with Gasteiger partial charge in [-0.05, 0) is 24.3 Å².